The van der Waals surface area contributed by atoms with Gasteiger partial charge in [0.15, 0.2) is 37.6 Å². The number of aromatic nitrogens is 5. The molecule has 17 rings (SSSR count). The maximum absolute atomic E-state index is 14.8. The summed E-state index contributed by atoms with van der Waals surface area (Å²) in [6.07, 6.45) is 0. The van der Waals surface area contributed by atoms with Crippen LogP contribution in [0.1, 0.15) is 0 Å². The van der Waals surface area contributed by atoms with Crippen molar-refractivity contribution in [1.82, 2.24) is 24.9 Å². The summed E-state index contributed by atoms with van der Waals surface area (Å²) in [6, 6.07) is 141. The molecule has 0 aliphatic rings. The summed E-state index contributed by atoms with van der Waals surface area (Å²) in [4.78, 5) is 24.8. The Morgan fingerprint density at radius 1 is 0.142 bits per heavy atom. The molecule has 2 aromatic heterocycles. The van der Waals surface area contributed by atoms with E-state index in [4.69, 9.17) is 24.9 Å². The fraction of sp³-hybridized carbons (Fsp3) is 0. The van der Waals surface area contributed by atoms with Gasteiger partial charge in [-0.3, -0.25) is 0 Å². The second kappa shape index (κ2) is 30.8. The van der Waals surface area contributed by atoms with Gasteiger partial charge in [-0.1, -0.05) is 406 Å². The molecule has 0 atom stereocenters. The normalized spacial score (nSPS) is 11.3. The lowest BCUT2D eigenvalue weighted by Gasteiger charge is -2.20. The Morgan fingerprint density at radius 3 is 0.632 bits per heavy atom. The minimum Gasteiger partial charge on any atom is -0.309 e. The molecule has 0 bridgehead atoms. The molecular weight excluding hydrogens is 1330 g/mol. The van der Waals surface area contributed by atoms with Crippen molar-refractivity contribution in [2.24, 2.45) is 0 Å². The molecule has 0 amide bonds. The highest BCUT2D eigenvalue weighted by molar-refractivity contribution is 7.85. The van der Waals surface area contributed by atoms with Gasteiger partial charge in [0.25, 0.3) is 0 Å². The third kappa shape index (κ3) is 14.5. The van der Waals surface area contributed by atoms with Crippen LogP contribution in [0.4, 0.5) is 0 Å². The summed E-state index contributed by atoms with van der Waals surface area (Å²) >= 11 is 0. The number of rotatable bonds is 17. The van der Waals surface area contributed by atoms with Gasteiger partial charge in [0, 0.05) is 65.2 Å². The Morgan fingerprint density at radius 2 is 0.330 bits per heavy atom. The van der Waals surface area contributed by atoms with E-state index in [0.29, 0.717) is 23.3 Å². The first kappa shape index (κ1) is 67.3. The Hall–Kier alpha value is -13.2. The van der Waals surface area contributed by atoms with Gasteiger partial charge in [0.1, 0.15) is 0 Å². The zero-order chi connectivity index (χ0) is 71.5. The average molecular weight is 1400 g/mol. The third-order valence-electron chi connectivity index (χ3n) is 19.1. The van der Waals surface area contributed by atoms with E-state index in [9.17, 15) is 9.13 Å². The van der Waals surface area contributed by atoms with Crippen LogP contribution in [0.15, 0.2) is 419 Å². The highest BCUT2D eigenvalue weighted by atomic mass is 31.2. The van der Waals surface area contributed by atoms with E-state index in [-0.39, 0.29) is 0 Å². The summed E-state index contributed by atoms with van der Waals surface area (Å²) in [5, 5.41) is 4.97. The molecule has 0 spiro atoms. The first-order valence-corrected chi connectivity index (χ1v) is 38.7. The Kier molecular flexibility index (Phi) is 19.6. The molecule has 0 N–H and O–H groups in total. The summed E-state index contributed by atoms with van der Waals surface area (Å²) < 4.78 is 29.5. The predicted molar refractivity (Wildman–Crippen MR) is 440 cm³/mol. The summed E-state index contributed by atoms with van der Waals surface area (Å²) in [7, 11) is -6.03. The highest BCUT2D eigenvalue weighted by Gasteiger charge is 2.31. The first-order chi connectivity index (χ1) is 52.3. The summed E-state index contributed by atoms with van der Waals surface area (Å²) in [5.74, 6) is 2.57. The molecule has 0 radical (unpaired) electrons. The van der Waals surface area contributed by atoms with Crippen molar-refractivity contribution in [3.05, 3.63) is 419 Å². The van der Waals surface area contributed by atoms with Crippen LogP contribution in [0.3, 0.4) is 0 Å². The molecule has 9 heteroatoms. The number of hydrogen-bond acceptors (Lipinski definition) is 7. The van der Waals surface area contributed by atoms with Crippen molar-refractivity contribution in [2.45, 2.75) is 0 Å². The van der Waals surface area contributed by atoms with Gasteiger partial charge in [-0.05, 0) is 67.8 Å². The number of hydrogen-bond donors (Lipinski definition) is 0. The smallest absolute Gasteiger partial charge is 0.171 e. The van der Waals surface area contributed by atoms with Gasteiger partial charge in [0.05, 0.1) is 11.4 Å². The van der Waals surface area contributed by atoms with E-state index in [0.717, 1.165) is 132 Å². The van der Waals surface area contributed by atoms with Crippen molar-refractivity contribution < 1.29 is 9.13 Å². The fourth-order valence-corrected chi connectivity index (χ4v) is 18.7. The van der Waals surface area contributed by atoms with Crippen LogP contribution in [0.25, 0.3) is 124 Å². The van der Waals surface area contributed by atoms with Gasteiger partial charge in [-0.2, -0.15) is 0 Å². The molecule has 0 saturated heterocycles. The molecule has 0 saturated carbocycles. The quantitative estimate of drug-likeness (QED) is 0.0838. The van der Waals surface area contributed by atoms with Gasteiger partial charge < -0.3 is 9.13 Å². The SMILES string of the molecule is O=P(c1ccccc1)(c1ccccc1)c1ccc(-c2ccc(-c3ccc(-c4nc(-c5ccccc5)cc(-c5ccccc5)n4)cc3)cc2)cc1.O=P(c1ccccc1)(c1ccccc1)c1ccc(-c2ccc(-c3ccc(-c4nc(-c5ccccc5)nc(-c5cccc(-c6ccccc6)c5)n4)cc3)cc2)cc1. The van der Waals surface area contributed by atoms with Gasteiger partial charge >= 0.3 is 0 Å². The summed E-state index contributed by atoms with van der Waals surface area (Å²) in [5.41, 5.74) is 18.7. The van der Waals surface area contributed by atoms with E-state index in [1.165, 1.54) is 0 Å². The van der Waals surface area contributed by atoms with Crippen LogP contribution >= 0.6 is 14.3 Å². The molecule has 106 heavy (non-hydrogen) atoms. The molecule has 0 unspecified atom stereocenters. The lowest BCUT2D eigenvalue weighted by Crippen LogP contribution is -2.24. The molecule has 7 nitrogen and oxygen atoms in total. The van der Waals surface area contributed by atoms with Crippen molar-refractivity contribution in [3.63, 3.8) is 0 Å². The molecular formula is C97H69N5O2P2. The molecule has 17 aromatic rings. The van der Waals surface area contributed by atoms with Crippen LogP contribution in [0.5, 0.6) is 0 Å². The molecule has 504 valence electrons. The second-order valence-corrected chi connectivity index (χ2v) is 31.3. The van der Waals surface area contributed by atoms with Crippen LogP contribution in [0.2, 0.25) is 0 Å². The van der Waals surface area contributed by atoms with Crippen molar-refractivity contribution in [3.8, 4) is 124 Å². The largest absolute Gasteiger partial charge is 0.309 e. The van der Waals surface area contributed by atoms with E-state index < -0.39 is 14.3 Å². The topological polar surface area (TPSA) is 98.6 Å². The van der Waals surface area contributed by atoms with Gasteiger partial charge in [-0.15, -0.1) is 0 Å². The van der Waals surface area contributed by atoms with Crippen molar-refractivity contribution in [1.29, 1.82) is 0 Å². The number of nitrogens with zero attached hydrogens (tertiary/aromatic N) is 5. The van der Waals surface area contributed by atoms with Crippen LogP contribution in [-0.2, 0) is 9.13 Å². The van der Waals surface area contributed by atoms with Gasteiger partial charge in [-0.25, -0.2) is 24.9 Å². The molecule has 0 aliphatic heterocycles. The minimum absolute atomic E-state index is 0.619. The Labute approximate surface area is 618 Å². The monoisotopic (exact) mass is 1400 g/mol. The molecule has 0 fully saturated rings. The van der Waals surface area contributed by atoms with Crippen molar-refractivity contribution in [2.75, 3.05) is 0 Å². The lowest BCUT2D eigenvalue weighted by molar-refractivity contribution is 0.591. The molecule has 0 aliphatic carbocycles. The zero-order valence-electron chi connectivity index (χ0n) is 57.8. The maximum Gasteiger partial charge on any atom is 0.171 e. The minimum atomic E-state index is -3.03. The highest BCUT2D eigenvalue weighted by Crippen LogP contribution is 2.45. The van der Waals surface area contributed by atoms with E-state index in [1.807, 2.05) is 231 Å². The first-order valence-electron chi connectivity index (χ1n) is 35.3. The van der Waals surface area contributed by atoms with E-state index in [1.54, 1.807) is 0 Å². The third-order valence-corrected chi connectivity index (χ3v) is 25.2. The Balaban J connectivity index is 0.000000164. The van der Waals surface area contributed by atoms with E-state index >= 15 is 0 Å². The predicted octanol–water partition coefficient (Wildman–Crippen LogP) is 22.0. The van der Waals surface area contributed by atoms with Crippen molar-refractivity contribution >= 4 is 46.1 Å². The van der Waals surface area contributed by atoms with Crippen LogP contribution in [0, 0.1) is 0 Å². The molecule has 15 aromatic carbocycles. The second-order valence-electron chi connectivity index (χ2n) is 25.8. The number of benzene rings is 15. The summed E-state index contributed by atoms with van der Waals surface area (Å²) in [6.45, 7) is 0. The van der Waals surface area contributed by atoms with Crippen LogP contribution < -0.4 is 31.8 Å². The van der Waals surface area contributed by atoms with Crippen LogP contribution in [-0.4, -0.2) is 24.9 Å². The average Bonchev–Trinajstić information content (AvgIpc) is 0.772. The zero-order valence-corrected chi connectivity index (χ0v) is 59.6. The maximum atomic E-state index is 14.8. The Bertz CT molecular complexity index is 5770. The lowest BCUT2D eigenvalue weighted by atomic mass is 9.99. The standard InChI is InChI=1S/C51H36N3OP.C46H33N2OP/c55-56(46-20-9-3-10-21-46,47-22-11-4-12-23-47)48-34-32-41(33-35-48)39-26-24-38(25-27-39)40-28-30-43(31-29-40)50-52-49(42-16-7-2-8-17-42)53-51(54-50)45-19-13-18-44(36-45)37-14-5-1-6-15-37;49-50(41-17-9-3-10-18-41,42-19-11-4-12-20-42)43-31-29-37(30-32-43)35-23-21-34(22-24-35)36-25-27-40(28-26-36)46-47-44(38-13-5-1-6-14-38)33-45(48-46)39-15-7-2-8-16-39/h1-36H;1-33H. The van der Waals surface area contributed by atoms with E-state index in [2.05, 4.69) is 188 Å². The fourth-order valence-electron chi connectivity index (χ4n) is 13.4. The molecule has 2 heterocycles. The van der Waals surface area contributed by atoms with Gasteiger partial charge in [0.2, 0.25) is 0 Å².